The molecule has 2 aliphatic rings. The van der Waals surface area contributed by atoms with Gasteiger partial charge in [-0.15, -0.1) is 0 Å². The Hall–Kier alpha value is -3.42. The first kappa shape index (κ1) is 16.5. The average Bonchev–Trinajstić information content (AvgIpc) is 3.06. The molecule has 0 aliphatic heterocycles. The van der Waals surface area contributed by atoms with Crippen molar-refractivity contribution >= 4 is 12.2 Å². The van der Waals surface area contributed by atoms with E-state index in [9.17, 15) is 5.11 Å². The summed E-state index contributed by atoms with van der Waals surface area (Å²) in [6.45, 7) is 0. The molecule has 1 nitrogen and oxygen atoms in total. The number of aliphatic hydroxyl groups is 1. The van der Waals surface area contributed by atoms with Crippen molar-refractivity contribution in [3.8, 4) is 11.1 Å². The highest BCUT2D eigenvalue weighted by atomic mass is 16.3. The topological polar surface area (TPSA) is 20.2 Å². The molecule has 0 bridgehead atoms. The largest absolute Gasteiger partial charge is 0.379 e. The maximum Gasteiger partial charge on any atom is 0.127 e. The number of hydrogen-bond donors (Lipinski definition) is 1. The van der Waals surface area contributed by atoms with Gasteiger partial charge in [0, 0.05) is 5.92 Å². The van der Waals surface area contributed by atoms with Crippen LogP contribution in [0, 0.1) is 0 Å². The summed E-state index contributed by atoms with van der Waals surface area (Å²) in [4.78, 5) is 0. The number of benzene rings is 4. The highest BCUT2D eigenvalue weighted by Gasteiger charge is 2.48. The third kappa shape index (κ3) is 2.19. The molecular weight excluding hydrogens is 352 g/mol. The molecule has 0 amide bonds. The lowest BCUT2D eigenvalue weighted by Crippen LogP contribution is -2.35. The van der Waals surface area contributed by atoms with Crippen molar-refractivity contribution in [3.05, 3.63) is 130 Å². The Kier molecular flexibility index (Phi) is 3.44. The van der Waals surface area contributed by atoms with Crippen molar-refractivity contribution in [1.82, 2.24) is 0 Å². The summed E-state index contributed by atoms with van der Waals surface area (Å²) >= 11 is 0. The molecule has 4 aromatic rings. The quantitative estimate of drug-likeness (QED) is 0.421. The Morgan fingerprint density at radius 2 is 0.931 bits per heavy atom. The second kappa shape index (κ2) is 6.04. The van der Waals surface area contributed by atoms with Gasteiger partial charge in [-0.3, -0.25) is 0 Å². The van der Waals surface area contributed by atoms with Crippen molar-refractivity contribution in [1.29, 1.82) is 0 Å². The molecule has 4 aromatic carbocycles. The second-order valence-electron chi connectivity index (χ2n) is 7.88. The predicted octanol–water partition coefficient (Wildman–Crippen LogP) is 6.22. The summed E-state index contributed by atoms with van der Waals surface area (Å²) in [5, 5.41) is 12.7. The molecule has 0 radical (unpaired) electrons. The van der Waals surface area contributed by atoms with Gasteiger partial charge in [0.15, 0.2) is 0 Å². The molecule has 0 saturated carbocycles. The van der Waals surface area contributed by atoms with Crippen molar-refractivity contribution in [3.63, 3.8) is 0 Å². The van der Waals surface area contributed by atoms with Gasteiger partial charge in [-0.05, 0) is 44.5 Å². The fraction of sp³-hybridized carbons (Fsp3) is 0.0714. The monoisotopic (exact) mass is 372 g/mol. The maximum atomic E-state index is 12.7. The standard InChI is InChI=1S/C28H20O/c29-28(27-23-13-5-3-11-21(23)22-12-4-6-14-24(22)27)25-15-7-1-9-19(25)17-18-20-10-2-8-16-26(20)28/h1-18,27,29H. The summed E-state index contributed by atoms with van der Waals surface area (Å²) in [5.41, 5.74) is 7.67. The molecule has 0 heterocycles. The van der Waals surface area contributed by atoms with Gasteiger partial charge in [-0.2, -0.15) is 0 Å². The van der Waals surface area contributed by atoms with Crippen molar-refractivity contribution in [2.75, 3.05) is 0 Å². The molecular formula is C28H20O. The Bertz CT molecular complexity index is 1190. The van der Waals surface area contributed by atoms with E-state index in [1.807, 2.05) is 24.3 Å². The summed E-state index contributed by atoms with van der Waals surface area (Å²) in [7, 11) is 0. The molecule has 0 unspecified atom stereocenters. The molecule has 138 valence electrons. The summed E-state index contributed by atoms with van der Waals surface area (Å²) in [6.07, 6.45) is 4.25. The van der Waals surface area contributed by atoms with E-state index in [1.54, 1.807) is 0 Å². The molecule has 1 heteroatoms. The number of fused-ring (bicyclic) bond motifs is 5. The van der Waals surface area contributed by atoms with Gasteiger partial charge in [0.25, 0.3) is 0 Å². The van der Waals surface area contributed by atoms with Crippen LogP contribution in [0.2, 0.25) is 0 Å². The zero-order chi connectivity index (χ0) is 19.4. The summed E-state index contributed by atoms with van der Waals surface area (Å²) < 4.78 is 0. The summed E-state index contributed by atoms with van der Waals surface area (Å²) in [5.74, 6) is -0.169. The maximum absolute atomic E-state index is 12.7. The SMILES string of the molecule is OC1(C2c3ccccc3-c3ccccc32)c2ccccc2C=Cc2ccccc21. The first-order valence-corrected chi connectivity index (χ1v) is 10.1. The second-order valence-corrected chi connectivity index (χ2v) is 7.88. The van der Waals surface area contributed by atoms with Crippen LogP contribution < -0.4 is 0 Å². The molecule has 0 saturated heterocycles. The highest BCUT2D eigenvalue weighted by Crippen LogP contribution is 2.56. The fourth-order valence-electron chi connectivity index (χ4n) is 5.22. The Labute approximate surface area is 170 Å². The normalized spacial score (nSPS) is 15.8. The van der Waals surface area contributed by atoms with Gasteiger partial charge in [0.1, 0.15) is 5.60 Å². The van der Waals surface area contributed by atoms with E-state index in [1.165, 1.54) is 22.3 Å². The number of hydrogen-bond acceptors (Lipinski definition) is 1. The van der Waals surface area contributed by atoms with Crippen LogP contribution in [-0.4, -0.2) is 5.11 Å². The zero-order valence-corrected chi connectivity index (χ0v) is 15.9. The third-order valence-electron chi connectivity index (χ3n) is 6.44. The van der Waals surface area contributed by atoms with Gasteiger partial charge in [-0.1, -0.05) is 109 Å². The lowest BCUT2D eigenvalue weighted by molar-refractivity contribution is 0.0637. The highest BCUT2D eigenvalue weighted by molar-refractivity contribution is 5.83. The van der Waals surface area contributed by atoms with Crippen LogP contribution in [0.1, 0.15) is 39.3 Å². The van der Waals surface area contributed by atoms with Crippen LogP contribution in [0.3, 0.4) is 0 Å². The van der Waals surface area contributed by atoms with Crippen LogP contribution in [0.15, 0.2) is 97.1 Å². The fourth-order valence-corrected chi connectivity index (χ4v) is 5.22. The Morgan fingerprint density at radius 3 is 1.45 bits per heavy atom. The van der Waals surface area contributed by atoms with Gasteiger partial charge in [-0.25, -0.2) is 0 Å². The van der Waals surface area contributed by atoms with E-state index in [2.05, 4.69) is 84.9 Å². The van der Waals surface area contributed by atoms with Crippen LogP contribution in [-0.2, 0) is 5.60 Å². The van der Waals surface area contributed by atoms with E-state index in [4.69, 9.17) is 0 Å². The van der Waals surface area contributed by atoms with E-state index >= 15 is 0 Å². The minimum Gasteiger partial charge on any atom is -0.379 e. The van der Waals surface area contributed by atoms with E-state index in [-0.39, 0.29) is 5.92 Å². The number of rotatable bonds is 1. The lowest BCUT2D eigenvalue weighted by atomic mass is 9.70. The average molecular weight is 372 g/mol. The molecule has 2 aliphatic carbocycles. The smallest absolute Gasteiger partial charge is 0.127 e. The Morgan fingerprint density at radius 1 is 0.517 bits per heavy atom. The first-order chi connectivity index (χ1) is 14.3. The van der Waals surface area contributed by atoms with Gasteiger partial charge >= 0.3 is 0 Å². The van der Waals surface area contributed by atoms with Crippen LogP contribution >= 0.6 is 0 Å². The molecule has 0 fully saturated rings. The third-order valence-corrected chi connectivity index (χ3v) is 6.44. The molecule has 0 spiro atoms. The molecule has 1 N–H and O–H groups in total. The van der Waals surface area contributed by atoms with Crippen LogP contribution in [0.4, 0.5) is 0 Å². The lowest BCUT2D eigenvalue weighted by Gasteiger charge is -2.37. The Balaban J connectivity index is 1.74. The molecule has 0 atom stereocenters. The predicted molar refractivity (Wildman–Crippen MR) is 119 cm³/mol. The van der Waals surface area contributed by atoms with Gasteiger partial charge in [0.05, 0.1) is 0 Å². The van der Waals surface area contributed by atoms with E-state index in [0.29, 0.717) is 0 Å². The van der Waals surface area contributed by atoms with Crippen molar-refractivity contribution in [2.24, 2.45) is 0 Å². The minimum absolute atomic E-state index is 0.169. The van der Waals surface area contributed by atoms with Gasteiger partial charge < -0.3 is 5.11 Å². The van der Waals surface area contributed by atoms with Crippen LogP contribution in [0.5, 0.6) is 0 Å². The van der Waals surface area contributed by atoms with E-state index in [0.717, 1.165) is 22.3 Å². The zero-order valence-electron chi connectivity index (χ0n) is 15.9. The van der Waals surface area contributed by atoms with Crippen molar-refractivity contribution < 1.29 is 5.11 Å². The summed E-state index contributed by atoms with van der Waals surface area (Å²) in [6, 6.07) is 33.5. The van der Waals surface area contributed by atoms with Gasteiger partial charge in [0.2, 0.25) is 0 Å². The molecule has 29 heavy (non-hydrogen) atoms. The molecule has 0 aromatic heterocycles. The van der Waals surface area contributed by atoms with Crippen LogP contribution in [0.25, 0.3) is 23.3 Å². The minimum atomic E-state index is -1.17. The van der Waals surface area contributed by atoms with E-state index < -0.39 is 5.60 Å². The van der Waals surface area contributed by atoms with Crippen molar-refractivity contribution in [2.45, 2.75) is 11.5 Å². The first-order valence-electron chi connectivity index (χ1n) is 10.1. The molecule has 6 rings (SSSR count).